The van der Waals surface area contributed by atoms with E-state index in [4.69, 9.17) is 11.6 Å². The second-order valence-electron chi connectivity index (χ2n) is 4.34. The third kappa shape index (κ3) is 2.56. The lowest BCUT2D eigenvalue weighted by Crippen LogP contribution is -2.03. The van der Waals surface area contributed by atoms with Crippen molar-refractivity contribution in [2.24, 2.45) is 0 Å². The molecule has 0 fully saturated rings. The van der Waals surface area contributed by atoms with Crippen molar-refractivity contribution in [2.45, 2.75) is 33.1 Å². The molecule has 96 valence electrons. The first-order chi connectivity index (χ1) is 8.63. The van der Waals surface area contributed by atoms with Crippen LogP contribution in [0.4, 0.5) is 4.39 Å². The summed E-state index contributed by atoms with van der Waals surface area (Å²) in [5.74, 6) is 0.541. The van der Waals surface area contributed by atoms with Gasteiger partial charge in [0.1, 0.15) is 17.3 Å². The average molecular weight is 267 g/mol. The Hall–Kier alpha value is -1.35. The van der Waals surface area contributed by atoms with E-state index in [-0.39, 0.29) is 5.82 Å². The zero-order chi connectivity index (χ0) is 13.1. The number of benzene rings is 1. The van der Waals surface area contributed by atoms with Crippen LogP contribution in [0.25, 0.3) is 5.69 Å². The maximum atomic E-state index is 13.9. The fourth-order valence-corrected chi connectivity index (χ4v) is 2.23. The van der Waals surface area contributed by atoms with Crippen molar-refractivity contribution in [1.82, 2.24) is 9.55 Å². The van der Waals surface area contributed by atoms with E-state index in [9.17, 15) is 4.39 Å². The molecule has 1 aromatic carbocycles. The molecule has 0 N–H and O–H groups in total. The van der Waals surface area contributed by atoms with Gasteiger partial charge in [0.2, 0.25) is 0 Å². The minimum Gasteiger partial charge on any atom is -0.299 e. The zero-order valence-corrected chi connectivity index (χ0v) is 11.3. The Morgan fingerprint density at radius 3 is 2.83 bits per heavy atom. The molecule has 0 aliphatic carbocycles. The zero-order valence-electron chi connectivity index (χ0n) is 10.6. The molecule has 4 heteroatoms. The van der Waals surface area contributed by atoms with Gasteiger partial charge in [-0.3, -0.25) is 4.57 Å². The van der Waals surface area contributed by atoms with E-state index in [1.807, 2.05) is 13.1 Å². The van der Waals surface area contributed by atoms with Crippen LogP contribution in [0.1, 0.15) is 31.3 Å². The molecule has 0 bridgehead atoms. The standard InChI is InChI=1S/C14H16ClFN2/c1-3-4-8-13-17-10(2)9-18(13)14-11(15)6-5-7-12(14)16/h5-7,9H,3-4,8H2,1-2H3. The van der Waals surface area contributed by atoms with Crippen molar-refractivity contribution in [1.29, 1.82) is 0 Å². The lowest BCUT2D eigenvalue weighted by atomic mass is 10.2. The molecule has 0 atom stereocenters. The van der Waals surface area contributed by atoms with Gasteiger partial charge in [-0.2, -0.15) is 0 Å². The fraction of sp³-hybridized carbons (Fsp3) is 0.357. The van der Waals surface area contributed by atoms with Crippen molar-refractivity contribution in [3.05, 3.63) is 46.8 Å². The second-order valence-corrected chi connectivity index (χ2v) is 4.75. The van der Waals surface area contributed by atoms with Crippen LogP contribution < -0.4 is 0 Å². The van der Waals surface area contributed by atoms with Gasteiger partial charge in [-0.15, -0.1) is 0 Å². The van der Waals surface area contributed by atoms with Crippen molar-refractivity contribution < 1.29 is 4.39 Å². The van der Waals surface area contributed by atoms with Gasteiger partial charge in [-0.05, 0) is 25.5 Å². The summed E-state index contributed by atoms with van der Waals surface area (Å²) in [5.41, 5.74) is 1.27. The number of aryl methyl sites for hydroxylation is 2. The molecule has 0 aliphatic rings. The minimum absolute atomic E-state index is 0.322. The highest BCUT2D eigenvalue weighted by Crippen LogP contribution is 2.25. The fourth-order valence-electron chi connectivity index (χ4n) is 1.97. The number of hydrogen-bond acceptors (Lipinski definition) is 1. The van der Waals surface area contributed by atoms with Gasteiger partial charge in [0.25, 0.3) is 0 Å². The van der Waals surface area contributed by atoms with Crippen LogP contribution in [-0.4, -0.2) is 9.55 Å². The molecule has 1 heterocycles. The van der Waals surface area contributed by atoms with E-state index in [0.29, 0.717) is 10.7 Å². The van der Waals surface area contributed by atoms with Crippen LogP contribution in [0.15, 0.2) is 24.4 Å². The minimum atomic E-state index is -0.322. The third-order valence-corrected chi connectivity index (χ3v) is 3.14. The predicted octanol–water partition coefficient (Wildman–Crippen LogP) is 4.32. The lowest BCUT2D eigenvalue weighted by molar-refractivity contribution is 0.613. The highest BCUT2D eigenvalue weighted by Gasteiger charge is 2.14. The van der Waals surface area contributed by atoms with E-state index in [1.165, 1.54) is 6.07 Å². The van der Waals surface area contributed by atoms with Gasteiger partial charge in [-0.1, -0.05) is 31.0 Å². The normalized spacial score (nSPS) is 10.9. The van der Waals surface area contributed by atoms with Gasteiger partial charge in [0.05, 0.1) is 10.7 Å². The molecular weight excluding hydrogens is 251 g/mol. The Bertz CT molecular complexity index is 528. The number of nitrogens with zero attached hydrogens (tertiary/aromatic N) is 2. The lowest BCUT2D eigenvalue weighted by Gasteiger charge is -2.10. The SMILES string of the molecule is CCCCc1nc(C)cn1-c1c(F)cccc1Cl. The van der Waals surface area contributed by atoms with Crippen molar-refractivity contribution in [3.8, 4) is 5.69 Å². The van der Waals surface area contributed by atoms with Gasteiger partial charge in [-0.25, -0.2) is 9.37 Å². The molecular formula is C14H16ClFN2. The Balaban J connectivity index is 2.49. The molecule has 2 nitrogen and oxygen atoms in total. The molecule has 2 rings (SSSR count). The van der Waals surface area contributed by atoms with Crippen LogP contribution >= 0.6 is 11.6 Å². The predicted molar refractivity (Wildman–Crippen MR) is 71.9 cm³/mol. The summed E-state index contributed by atoms with van der Waals surface area (Å²) in [6, 6.07) is 4.72. The van der Waals surface area contributed by atoms with Crippen LogP contribution in [0.2, 0.25) is 5.02 Å². The summed E-state index contributed by atoms with van der Waals surface area (Å²) in [5, 5.41) is 0.408. The molecule has 0 unspecified atom stereocenters. The summed E-state index contributed by atoms with van der Waals surface area (Å²) < 4.78 is 15.7. The van der Waals surface area contributed by atoms with E-state index in [1.54, 1.807) is 16.7 Å². The number of imidazole rings is 1. The first kappa shape index (κ1) is 13.1. The topological polar surface area (TPSA) is 17.8 Å². The molecule has 0 amide bonds. The summed E-state index contributed by atoms with van der Waals surface area (Å²) >= 11 is 6.09. The number of hydrogen-bond donors (Lipinski definition) is 0. The highest BCUT2D eigenvalue weighted by molar-refractivity contribution is 6.32. The van der Waals surface area contributed by atoms with E-state index in [2.05, 4.69) is 11.9 Å². The second kappa shape index (κ2) is 5.53. The van der Waals surface area contributed by atoms with Crippen LogP contribution in [-0.2, 0) is 6.42 Å². The molecule has 0 aliphatic heterocycles. The summed E-state index contributed by atoms with van der Waals surface area (Å²) in [6.07, 6.45) is 4.77. The smallest absolute Gasteiger partial charge is 0.148 e. The Morgan fingerprint density at radius 1 is 1.39 bits per heavy atom. The Labute approximate surface area is 111 Å². The van der Waals surface area contributed by atoms with Gasteiger partial charge in [0, 0.05) is 12.6 Å². The molecule has 0 radical (unpaired) electrons. The summed E-state index contributed by atoms with van der Waals surface area (Å²) in [4.78, 5) is 4.44. The Kier molecular flexibility index (Phi) is 4.02. The highest BCUT2D eigenvalue weighted by atomic mass is 35.5. The van der Waals surface area contributed by atoms with Crippen LogP contribution in [0, 0.1) is 12.7 Å². The number of para-hydroxylation sites is 1. The maximum Gasteiger partial charge on any atom is 0.148 e. The van der Waals surface area contributed by atoms with Crippen molar-refractivity contribution >= 4 is 11.6 Å². The first-order valence-corrected chi connectivity index (χ1v) is 6.50. The summed E-state index contributed by atoms with van der Waals surface area (Å²) in [7, 11) is 0. The molecule has 18 heavy (non-hydrogen) atoms. The summed E-state index contributed by atoms with van der Waals surface area (Å²) in [6.45, 7) is 4.02. The molecule has 1 aromatic heterocycles. The van der Waals surface area contributed by atoms with Crippen LogP contribution in [0.3, 0.4) is 0 Å². The number of unbranched alkanes of at least 4 members (excludes halogenated alkanes) is 1. The number of rotatable bonds is 4. The maximum absolute atomic E-state index is 13.9. The largest absolute Gasteiger partial charge is 0.299 e. The van der Waals surface area contributed by atoms with Crippen LogP contribution in [0.5, 0.6) is 0 Å². The quantitative estimate of drug-likeness (QED) is 0.806. The van der Waals surface area contributed by atoms with Crippen molar-refractivity contribution in [2.75, 3.05) is 0 Å². The molecule has 0 saturated heterocycles. The van der Waals surface area contributed by atoms with Gasteiger partial charge < -0.3 is 0 Å². The Morgan fingerprint density at radius 2 is 2.17 bits per heavy atom. The molecule has 0 saturated carbocycles. The van der Waals surface area contributed by atoms with E-state index < -0.39 is 0 Å². The molecule has 2 aromatic rings. The number of halogens is 2. The van der Waals surface area contributed by atoms with E-state index >= 15 is 0 Å². The third-order valence-electron chi connectivity index (χ3n) is 2.83. The van der Waals surface area contributed by atoms with Gasteiger partial charge >= 0.3 is 0 Å². The number of aromatic nitrogens is 2. The molecule has 0 spiro atoms. The monoisotopic (exact) mass is 266 g/mol. The van der Waals surface area contributed by atoms with Gasteiger partial charge in [0.15, 0.2) is 0 Å². The van der Waals surface area contributed by atoms with Crippen molar-refractivity contribution in [3.63, 3.8) is 0 Å². The average Bonchev–Trinajstić information content (AvgIpc) is 2.67. The first-order valence-electron chi connectivity index (χ1n) is 6.12. The van der Waals surface area contributed by atoms with E-state index in [0.717, 1.165) is 30.8 Å².